The van der Waals surface area contributed by atoms with Gasteiger partial charge in [-0.25, -0.2) is 0 Å². The van der Waals surface area contributed by atoms with Crippen LogP contribution in [0.1, 0.15) is 59.3 Å². The smallest absolute Gasteiger partial charge is 0.0100 e. The standard InChI is InChI=1S/C21H31N/c1-15-12-16(2)20(19(22)13-15)17-8-7-9-18(14-17)21(3)10-5-4-6-11-21/h4-6,9-10,15-17H,7-8,11-14,22H2,1-3H3. The van der Waals surface area contributed by atoms with E-state index in [0.717, 1.165) is 18.8 Å². The second kappa shape index (κ2) is 6.10. The number of hydrogen-bond acceptors (Lipinski definition) is 1. The van der Waals surface area contributed by atoms with Gasteiger partial charge in [0.1, 0.15) is 0 Å². The van der Waals surface area contributed by atoms with Crippen LogP contribution in [0.3, 0.4) is 0 Å². The van der Waals surface area contributed by atoms with Gasteiger partial charge in [-0.1, -0.05) is 56.7 Å². The van der Waals surface area contributed by atoms with Crippen LogP contribution in [0.5, 0.6) is 0 Å². The Bertz CT molecular complexity index is 548. The monoisotopic (exact) mass is 297 g/mol. The van der Waals surface area contributed by atoms with E-state index in [9.17, 15) is 0 Å². The zero-order valence-corrected chi connectivity index (χ0v) is 14.4. The summed E-state index contributed by atoms with van der Waals surface area (Å²) in [6.45, 7) is 7.12. The Hall–Kier alpha value is -1.24. The highest BCUT2D eigenvalue weighted by Crippen LogP contribution is 2.46. The highest BCUT2D eigenvalue weighted by Gasteiger charge is 2.34. The van der Waals surface area contributed by atoms with Crippen LogP contribution in [0.4, 0.5) is 0 Å². The van der Waals surface area contributed by atoms with Gasteiger partial charge in [-0.05, 0) is 61.9 Å². The summed E-state index contributed by atoms with van der Waals surface area (Å²) in [5, 5.41) is 0. The predicted molar refractivity (Wildman–Crippen MR) is 95.2 cm³/mol. The van der Waals surface area contributed by atoms with Crippen molar-refractivity contribution >= 4 is 0 Å². The molecule has 0 aromatic heterocycles. The fourth-order valence-corrected chi connectivity index (χ4v) is 4.90. The molecule has 22 heavy (non-hydrogen) atoms. The average molecular weight is 297 g/mol. The van der Waals surface area contributed by atoms with Crippen molar-refractivity contribution in [1.29, 1.82) is 0 Å². The fraction of sp³-hybridized carbons (Fsp3) is 0.619. The number of rotatable bonds is 2. The lowest BCUT2D eigenvalue weighted by molar-refractivity contribution is 0.348. The van der Waals surface area contributed by atoms with Crippen LogP contribution in [0.15, 0.2) is 47.2 Å². The van der Waals surface area contributed by atoms with Crippen LogP contribution >= 0.6 is 0 Å². The minimum absolute atomic E-state index is 0.230. The van der Waals surface area contributed by atoms with Gasteiger partial charge in [-0.2, -0.15) is 0 Å². The van der Waals surface area contributed by atoms with Crippen molar-refractivity contribution in [3.63, 3.8) is 0 Å². The quantitative estimate of drug-likeness (QED) is 0.668. The summed E-state index contributed by atoms with van der Waals surface area (Å²) < 4.78 is 0. The van der Waals surface area contributed by atoms with Crippen molar-refractivity contribution in [2.45, 2.75) is 59.3 Å². The summed E-state index contributed by atoms with van der Waals surface area (Å²) >= 11 is 0. The van der Waals surface area contributed by atoms with E-state index < -0.39 is 0 Å². The Labute approximate surface area is 136 Å². The Morgan fingerprint density at radius 2 is 2.00 bits per heavy atom. The lowest BCUT2D eigenvalue weighted by atomic mass is 9.66. The van der Waals surface area contributed by atoms with E-state index in [1.807, 2.05) is 0 Å². The van der Waals surface area contributed by atoms with Gasteiger partial charge in [0.25, 0.3) is 0 Å². The molecule has 3 rings (SSSR count). The van der Waals surface area contributed by atoms with Gasteiger partial charge < -0.3 is 5.73 Å². The third kappa shape index (κ3) is 2.95. The summed E-state index contributed by atoms with van der Waals surface area (Å²) in [4.78, 5) is 0. The molecule has 0 saturated carbocycles. The number of hydrogen-bond donors (Lipinski definition) is 1. The second-order valence-electron chi connectivity index (χ2n) is 8.04. The third-order valence-electron chi connectivity index (χ3n) is 6.02. The van der Waals surface area contributed by atoms with Gasteiger partial charge in [0, 0.05) is 11.1 Å². The highest BCUT2D eigenvalue weighted by atomic mass is 14.6. The third-order valence-corrected chi connectivity index (χ3v) is 6.02. The Morgan fingerprint density at radius 1 is 1.18 bits per heavy atom. The van der Waals surface area contributed by atoms with Crippen molar-refractivity contribution in [2.75, 3.05) is 0 Å². The van der Waals surface area contributed by atoms with Gasteiger partial charge in [0.2, 0.25) is 0 Å². The Morgan fingerprint density at radius 3 is 2.68 bits per heavy atom. The summed E-state index contributed by atoms with van der Waals surface area (Å²) in [5.41, 5.74) is 11.2. The van der Waals surface area contributed by atoms with Crippen LogP contribution in [0.25, 0.3) is 0 Å². The SMILES string of the molecule is CC1CC(N)=C(C2CCC=C(C3(C)C=CC=CC3)C2)C(C)C1. The largest absolute Gasteiger partial charge is 0.402 e. The minimum Gasteiger partial charge on any atom is -0.402 e. The van der Waals surface area contributed by atoms with Crippen molar-refractivity contribution < 1.29 is 0 Å². The van der Waals surface area contributed by atoms with Crippen LogP contribution in [-0.2, 0) is 0 Å². The van der Waals surface area contributed by atoms with Crippen molar-refractivity contribution in [1.82, 2.24) is 0 Å². The summed E-state index contributed by atoms with van der Waals surface area (Å²) in [6.07, 6.45) is 18.9. The molecule has 0 aromatic rings. The molecular weight excluding hydrogens is 266 g/mol. The highest BCUT2D eigenvalue weighted by molar-refractivity contribution is 5.32. The molecular formula is C21H31N. The molecule has 3 aliphatic carbocycles. The second-order valence-corrected chi connectivity index (χ2v) is 8.04. The number of nitrogens with two attached hydrogens (primary N) is 1. The van der Waals surface area contributed by atoms with Gasteiger partial charge in [-0.3, -0.25) is 0 Å². The fourth-order valence-electron chi connectivity index (χ4n) is 4.90. The normalized spacial score (nSPS) is 39.0. The molecule has 0 radical (unpaired) electrons. The molecule has 120 valence electrons. The zero-order valence-electron chi connectivity index (χ0n) is 14.4. The van der Waals surface area contributed by atoms with E-state index in [1.54, 1.807) is 11.1 Å². The summed E-state index contributed by atoms with van der Waals surface area (Å²) in [7, 11) is 0. The van der Waals surface area contributed by atoms with Crippen molar-refractivity contribution in [2.24, 2.45) is 28.9 Å². The Kier molecular flexibility index (Phi) is 4.34. The van der Waals surface area contributed by atoms with E-state index in [2.05, 4.69) is 51.2 Å². The molecule has 0 bridgehead atoms. The molecule has 0 fully saturated rings. The lowest BCUT2D eigenvalue weighted by Gasteiger charge is -2.39. The van der Waals surface area contributed by atoms with E-state index in [4.69, 9.17) is 5.73 Å². The summed E-state index contributed by atoms with van der Waals surface area (Å²) in [5.74, 6) is 2.10. The molecule has 0 aliphatic heterocycles. The van der Waals surface area contributed by atoms with E-state index in [-0.39, 0.29) is 5.41 Å². The molecule has 3 aliphatic rings. The Balaban J connectivity index is 1.81. The number of allylic oxidation sites excluding steroid dienone is 8. The van der Waals surface area contributed by atoms with Gasteiger partial charge >= 0.3 is 0 Å². The maximum absolute atomic E-state index is 6.48. The maximum Gasteiger partial charge on any atom is 0.0100 e. The molecule has 0 amide bonds. The first-order chi connectivity index (χ1) is 10.5. The zero-order chi connectivity index (χ0) is 15.7. The van der Waals surface area contributed by atoms with Crippen molar-refractivity contribution in [3.05, 3.63) is 47.2 Å². The van der Waals surface area contributed by atoms with Gasteiger partial charge in [0.05, 0.1) is 0 Å². The molecule has 1 nitrogen and oxygen atoms in total. The maximum atomic E-state index is 6.48. The topological polar surface area (TPSA) is 26.0 Å². The first kappa shape index (κ1) is 15.6. The molecule has 0 heterocycles. The first-order valence-corrected chi connectivity index (χ1v) is 9.02. The van der Waals surface area contributed by atoms with E-state index in [1.165, 1.54) is 31.4 Å². The summed E-state index contributed by atoms with van der Waals surface area (Å²) in [6, 6.07) is 0. The molecule has 1 heteroatoms. The minimum atomic E-state index is 0.230. The lowest BCUT2D eigenvalue weighted by Crippen LogP contribution is -2.28. The van der Waals surface area contributed by atoms with Gasteiger partial charge in [-0.15, -0.1) is 0 Å². The average Bonchev–Trinajstić information content (AvgIpc) is 2.47. The van der Waals surface area contributed by atoms with Crippen LogP contribution in [-0.4, -0.2) is 0 Å². The van der Waals surface area contributed by atoms with E-state index in [0.29, 0.717) is 11.8 Å². The first-order valence-electron chi connectivity index (χ1n) is 9.02. The molecule has 0 saturated heterocycles. The molecule has 4 atom stereocenters. The van der Waals surface area contributed by atoms with Gasteiger partial charge in [0.15, 0.2) is 0 Å². The molecule has 2 N–H and O–H groups in total. The predicted octanol–water partition coefficient (Wildman–Crippen LogP) is 5.51. The van der Waals surface area contributed by atoms with Crippen molar-refractivity contribution in [3.8, 4) is 0 Å². The molecule has 0 spiro atoms. The van der Waals surface area contributed by atoms with Crippen LogP contribution in [0, 0.1) is 23.2 Å². The molecule has 0 aromatic carbocycles. The van der Waals surface area contributed by atoms with Crippen LogP contribution < -0.4 is 5.73 Å². The van der Waals surface area contributed by atoms with Crippen LogP contribution in [0.2, 0.25) is 0 Å². The van der Waals surface area contributed by atoms with E-state index >= 15 is 0 Å². The molecule has 4 unspecified atom stereocenters.